The molecule has 4 nitrogen and oxygen atoms in total. The van der Waals surface area contributed by atoms with Crippen molar-refractivity contribution in [1.29, 1.82) is 0 Å². The van der Waals surface area contributed by atoms with Crippen LogP contribution >= 0.6 is 0 Å². The van der Waals surface area contributed by atoms with Crippen LogP contribution in [-0.2, 0) is 10.2 Å². The molecule has 1 aliphatic carbocycles. The molecule has 1 heterocycles. The van der Waals surface area contributed by atoms with E-state index >= 15 is 0 Å². The fourth-order valence-electron chi connectivity index (χ4n) is 2.34. The molecule has 1 aliphatic rings. The molecule has 0 aliphatic heterocycles. The van der Waals surface area contributed by atoms with E-state index in [0.29, 0.717) is 24.1 Å². The second kappa shape index (κ2) is 4.56. The molecule has 0 unspecified atom stereocenters. The number of aliphatic carboxylic acids is 1. The Morgan fingerprint density at radius 2 is 1.75 bits per heavy atom. The van der Waals surface area contributed by atoms with Crippen LogP contribution in [-0.4, -0.2) is 21.8 Å². The van der Waals surface area contributed by atoms with Crippen LogP contribution in [0.1, 0.15) is 34.5 Å². The summed E-state index contributed by atoms with van der Waals surface area (Å²) in [4.78, 5) is 27.4. The molecule has 20 heavy (non-hydrogen) atoms. The molecule has 0 amide bonds. The molecule has 100 valence electrons. The summed E-state index contributed by atoms with van der Waals surface area (Å²) in [6.45, 7) is 0. The normalized spacial score (nSPS) is 15.6. The lowest BCUT2D eigenvalue weighted by Crippen LogP contribution is -2.19. The van der Waals surface area contributed by atoms with Gasteiger partial charge in [-0.1, -0.05) is 30.3 Å². The summed E-state index contributed by atoms with van der Waals surface area (Å²) < 4.78 is 0. The van der Waals surface area contributed by atoms with Crippen molar-refractivity contribution in [2.75, 3.05) is 0 Å². The average molecular weight is 267 g/mol. The van der Waals surface area contributed by atoms with Gasteiger partial charge in [0, 0.05) is 11.8 Å². The first kappa shape index (κ1) is 12.5. The van der Waals surface area contributed by atoms with Crippen LogP contribution < -0.4 is 0 Å². The molecule has 1 N–H and O–H groups in total. The fraction of sp³-hybridized carbons (Fsp3) is 0.188. The Morgan fingerprint density at radius 1 is 1.05 bits per heavy atom. The molecule has 1 aromatic carbocycles. The maximum absolute atomic E-state index is 12.2. The Balaban J connectivity index is 1.87. The van der Waals surface area contributed by atoms with Crippen molar-refractivity contribution in [3.8, 4) is 0 Å². The fourth-order valence-corrected chi connectivity index (χ4v) is 2.34. The highest BCUT2D eigenvalue weighted by Crippen LogP contribution is 2.48. The standard InChI is InChI=1S/C16H13NO3/c18-14(13-3-1-2-10-17-13)11-4-6-12(7-5-11)16(8-9-16)15(19)20/h1-7,10H,8-9H2,(H,19,20). The van der Waals surface area contributed by atoms with Crippen molar-refractivity contribution >= 4 is 11.8 Å². The first-order valence-corrected chi connectivity index (χ1v) is 6.43. The predicted molar refractivity (Wildman–Crippen MR) is 72.7 cm³/mol. The Kier molecular flexibility index (Phi) is 2.86. The van der Waals surface area contributed by atoms with Crippen LogP contribution in [0.4, 0.5) is 0 Å². The molecule has 0 bridgehead atoms. The third-order valence-corrected chi connectivity index (χ3v) is 3.76. The summed E-state index contributed by atoms with van der Waals surface area (Å²) in [6, 6.07) is 12.0. The van der Waals surface area contributed by atoms with E-state index in [4.69, 9.17) is 0 Å². The zero-order valence-corrected chi connectivity index (χ0v) is 10.7. The largest absolute Gasteiger partial charge is 0.481 e. The lowest BCUT2D eigenvalue weighted by Gasteiger charge is -2.10. The summed E-state index contributed by atoms with van der Waals surface area (Å²) in [6.07, 6.45) is 2.90. The maximum atomic E-state index is 12.2. The molecule has 0 atom stereocenters. The van der Waals surface area contributed by atoms with Gasteiger partial charge in [0.2, 0.25) is 5.78 Å². The lowest BCUT2D eigenvalue weighted by atomic mass is 9.94. The number of nitrogens with zero attached hydrogens (tertiary/aromatic N) is 1. The lowest BCUT2D eigenvalue weighted by molar-refractivity contribution is -0.140. The minimum Gasteiger partial charge on any atom is -0.481 e. The van der Waals surface area contributed by atoms with E-state index in [1.54, 1.807) is 48.7 Å². The molecule has 1 saturated carbocycles. The van der Waals surface area contributed by atoms with E-state index in [1.807, 2.05) is 0 Å². The van der Waals surface area contributed by atoms with Gasteiger partial charge in [-0.2, -0.15) is 0 Å². The second-order valence-electron chi connectivity index (χ2n) is 5.01. The molecular formula is C16H13NO3. The van der Waals surface area contributed by atoms with Crippen molar-refractivity contribution in [1.82, 2.24) is 4.98 Å². The summed E-state index contributed by atoms with van der Waals surface area (Å²) >= 11 is 0. The molecule has 1 fully saturated rings. The van der Waals surface area contributed by atoms with Gasteiger partial charge in [-0.3, -0.25) is 14.6 Å². The van der Waals surface area contributed by atoms with Crippen LogP contribution in [0.3, 0.4) is 0 Å². The van der Waals surface area contributed by atoms with Crippen molar-refractivity contribution in [2.24, 2.45) is 0 Å². The monoisotopic (exact) mass is 267 g/mol. The van der Waals surface area contributed by atoms with Crippen molar-refractivity contribution in [3.63, 3.8) is 0 Å². The second-order valence-corrected chi connectivity index (χ2v) is 5.01. The quantitative estimate of drug-likeness (QED) is 0.864. The molecule has 4 heteroatoms. The zero-order chi connectivity index (χ0) is 14.2. The summed E-state index contributed by atoms with van der Waals surface area (Å²) in [5.41, 5.74) is 0.947. The first-order valence-electron chi connectivity index (χ1n) is 6.43. The van der Waals surface area contributed by atoms with Gasteiger partial charge in [0.25, 0.3) is 0 Å². The van der Waals surface area contributed by atoms with Gasteiger partial charge in [-0.05, 0) is 30.5 Å². The zero-order valence-electron chi connectivity index (χ0n) is 10.7. The number of aromatic nitrogens is 1. The Bertz CT molecular complexity index is 658. The Morgan fingerprint density at radius 3 is 2.25 bits per heavy atom. The van der Waals surface area contributed by atoms with E-state index in [0.717, 1.165) is 5.56 Å². The van der Waals surface area contributed by atoms with Gasteiger partial charge >= 0.3 is 5.97 Å². The topological polar surface area (TPSA) is 67.3 Å². The average Bonchev–Trinajstić information content (AvgIpc) is 3.29. The minimum absolute atomic E-state index is 0.155. The number of benzene rings is 1. The van der Waals surface area contributed by atoms with Gasteiger partial charge in [-0.25, -0.2) is 0 Å². The Hall–Kier alpha value is -2.49. The van der Waals surface area contributed by atoms with Gasteiger partial charge in [0.1, 0.15) is 5.69 Å². The maximum Gasteiger partial charge on any atom is 0.314 e. The van der Waals surface area contributed by atoms with Crippen LogP contribution in [0.2, 0.25) is 0 Å². The van der Waals surface area contributed by atoms with Crippen LogP contribution in [0, 0.1) is 0 Å². The number of hydrogen-bond donors (Lipinski definition) is 1. The summed E-state index contributed by atoms with van der Waals surface area (Å²) in [5, 5.41) is 9.24. The molecule has 2 aromatic rings. The van der Waals surface area contributed by atoms with E-state index in [-0.39, 0.29) is 5.78 Å². The van der Waals surface area contributed by atoms with Crippen LogP contribution in [0.15, 0.2) is 48.7 Å². The predicted octanol–water partition coefficient (Wildman–Crippen LogP) is 2.43. The molecule has 3 rings (SSSR count). The number of carbonyl (C=O) groups excluding carboxylic acids is 1. The number of carboxylic acid groups (broad SMARTS) is 1. The van der Waals surface area contributed by atoms with E-state index in [1.165, 1.54) is 0 Å². The van der Waals surface area contributed by atoms with Gasteiger partial charge in [0.15, 0.2) is 0 Å². The molecule has 1 aromatic heterocycles. The third-order valence-electron chi connectivity index (χ3n) is 3.76. The SMILES string of the molecule is O=C(c1ccc(C2(C(=O)O)CC2)cc1)c1ccccn1. The highest BCUT2D eigenvalue weighted by molar-refractivity contribution is 6.07. The van der Waals surface area contributed by atoms with Gasteiger partial charge in [0.05, 0.1) is 5.41 Å². The van der Waals surface area contributed by atoms with E-state index in [2.05, 4.69) is 4.98 Å². The van der Waals surface area contributed by atoms with Crippen molar-refractivity contribution in [3.05, 3.63) is 65.5 Å². The van der Waals surface area contributed by atoms with Crippen molar-refractivity contribution < 1.29 is 14.7 Å². The number of rotatable bonds is 4. The van der Waals surface area contributed by atoms with Crippen LogP contribution in [0.5, 0.6) is 0 Å². The molecule has 0 spiro atoms. The third kappa shape index (κ3) is 1.99. The number of pyridine rings is 1. The van der Waals surface area contributed by atoms with E-state index in [9.17, 15) is 14.7 Å². The number of hydrogen-bond acceptors (Lipinski definition) is 3. The summed E-state index contributed by atoms with van der Waals surface area (Å²) in [5.74, 6) is -0.946. The highest BCUT2D eigenvalue weighted by atomic mass is 16.4. The van der Waals surface area contributed by atoms with Gasteiger partial charge < -0.3 is 5.11 Å². The summed E-state index contributed by atoms with van der Waals surface area (Å²) in [7, 11) is 0. The molecule has 0 saturated heterocycles. The van der Waals surface area contributed by atoms with Crippen LogP contribution in [0.25, 0.3) is 0 Å². The van der Waals surface area contributed by atoms with Gasteiger partial charge in [-0.15, -0.1) is 0 Å². The first-order chi connectivity index (χ1) is 9.63. The number of carbonyl (C=O) groups is 2. The highest BCUT2D eigenvalue weighted by Gasteiger charge is 2.51. The molecular weight excluding hydrogens is 254 g/mol. The van der Waals surface area contributed by atoms with Crippen molar-refractivity contribution in [2.45, 2.75) is 18.3 Å². The van der Waals surface area contributed by atoms with E-state index < -0.39 is 11.4 Å². The number of ketones is 1. The Labute approximate surface area is 116 Å². The smallest absolute Gasteiger partial charge is 0.314 e. The minimum atomic E-state index is -0.790. The molecule has 0 radical (unpaired) electrons. The number of carboxylic acids is 1.